The molecule has 0 saturated heterocycles. The number of rotatable bonds is 4. The standard InChI is InChI=1S/C10H19NO2/c1-9(12)13-8-7-11-10-5-3-2-4-6-10/h10-11H,2-8H2,1H3. The Morgan fingerprint density at radius 1 is 1.38 bits per heavy atom. The maximum absolute atomic E-state index is 10.4. The minimum absolute atomic E-state index is 0.189. The van der Waals surface area contributed by atoms with E-state index in [2.05, 4.69) is 5.32 Å². The number of hydrogen-bond donors (Lipinski definition) is 1. The van der Waals surface area contributed by atoms with Gasteiger partial charge in [0.2, 0.25) is 0 Å². The normalized spacial score (nSPS) is 18.5. The molecule has 0 amide bonds. The Kier molecular flexibility index (Phi) is 4.83. The van der Waals surface area contributed by atoms with Gasteiger partial charge in [-0.15, -0.1) is 0 Å². The fraction of sp³-hybridized carbons (Fsp3) is 0.900. The number of ether oxygens (including phenoxy) is 1. The van der Waals surface area contributed by atoms with E-state index in [1.165, 1.54) is 39.0 Å². The van der Waals surface area contributed by atoms with Crippen LogP contribution in [-0.4, -0.2) is 25.2 Å². The lowest BCUT2D eigenvalue weighted by Crippen LogP contribution is -2.33. The Hall–Kier alpha value is -0.570. The van der Waals surface area contributed by atoms with Crippen LogP contribution in [0.1, 0.15) is 39.0 Å². The van der Waals surface area contributed by atoms with E-state index in [-0.39, 0.29) is 5.97 Å². The molecule has 3 heteroatoms. The summed E-state index contributed by atoms with van der Waals surface area (Å²) in [4.78, 5) is 10.4. The first kappa shape index (κ1) is 10.5. The van der Waals surface area contributed by atoms with Gasteiger partial charge in [-0.2, -0.15) is 0 Å². The van der Waals surface area contributed by atoms with E-state index < -0.39 is 0 Å². The maximum atomic E-state index is 10.4. The van der Waals surface area contributed by atoms with Gasteiger partial charge in [0.15, 0.2) is 0 Å². The van der Waals surface area contributed by atoms with Gasteiger partial charge in [0.1, 0.15) is 6.61 Å². The fourth-order valence-corrected chi connectivity index (χ4v) is 1.76. The zero-order chi connectivity index (χ0) is 9.52. The van der Waals surface area contributed by atoms with Crippen LogP contribution in [0.3, 0.4) is 0 Å². The van der Waals surface area contributed by atoms with Crippen LogP contribution in [0, 0.1) is 0 Å². The number of nitrogens with one attached hydrogen (secondary N) is 1. The summed E-state index contributed by atoms with van der Waals surface area (Å²) in [6, 6.07) is 0.657. The fourth-order valence-electron chi connectivity index (χ4n) is 1.76. The highest BCUT2D eigenvalue weighted by atomic mass is 16.5. The molecule has 1 rings (SSSR count). The highest BCUT2D eigenvalue weighted by molar-refractivity contribution is 5.65. The lowest BCUT2D eigenvalue weighted by atomic mass is 9.96. The number of carbonyl (C=O) groups excluding carboxylic acids is 1. The molecule has 13 heavy (non-hydrogen) atoms. The van der Waals surface area contributed by atoms with Crippen LogP contribution in [0.15, 0.2) is 0 Å². The highest BCUT2D eigenvalue weighted by Gasteiger charge is 2.11. The molecule has 0 radical (unpaired) electrons. The molecular formula is C10H19NO2. The van der Waals surface area contributed by atoms with Crippen molar-refractivity contribution in [2.75, 3.05) is 13.2 Å². The van der Waals surface area contributed by atoms with E-state index in [1.54, 1.807) is 0 Å². The summed E-state index contributed by atoms with van der Waals surface area (Å²) in [5.41, 5.74) is 0. The summed E-state index contributed by atoms with van der Waals surface area (Å²) in [7, 11) is 0. The molecule has 0 aromatic heterocycles. The van der Waals surface area contributed by atoms with Crippen molar-refractivity contribution in [3.63, 3.8) is 0 Å². The molecule has 1 aliphatic rings. The third-order valence-corrected chi connectivity index (χ3v) is 2.45. The van der Waals surface area contributed by atoms with Crippen LogP contribution in [0.5, 0.6) is 0 Å². The van der Waals surface area contributed by atoms with Crippen molar-refractivity contribution in [1.29, 1.82) is 0 Å². The Labute approximate surface area is 79.8 Å². The van der Waals surface area contributed by atoms with Crippen molar-refractivity contribution < 1.29 is 9.53 Å². The molecule has 1 N–H and O–H groups in total. The molecule has 1 aliphatic carbocycles. The number of carbonyl (C=O) groups is 1. The summed E-state index contributed by atoms with van der Waals surface area (Å²) in [6.07, 6.45) is 6.61. The van der Waals surface area contributed by atoms with E-state index in [4.69, 9.17) is 4.74 Å². The van der Waals surface area contributed by atoms with Crippen LogP contribution in [0.2, 0.25) is 0 Å². The first-order valence-corrected chi connectivity index (χ1v) is 5.16. The van der Waals surface area contributed by atoms with E-state index in [1.807, 2.05) is 0 Å². The minimum Gasteiger partial charge on any atom is -0.465 e. The molecule has 0 aromatic carbocycles. The summed E-state index contributed by atoms with van der Waals surface area (Å²) in [6.45, 7) is 2.75. The molecule has 0 aliphatic heterocycles. The van der Waals surface area contributed by atoms with Crippen molar-refractivity contribution in [2.24, 2.45) is 0 Å². The molecule has 1 fully saturated rings. The topological polar surface area (TPSA) is 38.3 Å². The molecule has 0 atom stereocenters. The van der Waals surface area contributed by atoms with Crippen LogP contribution < -0.4 is 5.32 Å². The molecule has 1 saturated carbocycles. The molecule has 0 spiro atoms. The second-order valence-electron chi connectivity index (χ2n) is 3.63. The van der Waals surface area contributed by atoms with E-state index >= 15 is 0 Å². The van der Waals surface area contributed by atoms with Gasteiger partial charge in [-0.1, -0.05) is 19.3 Å². The lowest BCUT2D eigenvalue weighted by molar-refractivity contribution is -0.140. The van der Waals surface area contributed by atoms with Crippen LogP contribution in [0.4, 0.5) is 0 Å². The zero-order valence-electron chi connectivity index (χ0n) is 8.34. The first-order valence-electron chi connectivity index (χ1n) is 5.16. The molecule has 3 nitrogen and oxygen atoms in total. The average molecular weight is 185 g/mol. The molecule has 0 bridgehead atoms. The summed E-state index contributed by atoms with van der Waals surface area (Å²) >= 11 is 0. The summed E-state index contributed by atoms with van der Waals surface area (Å²) < 4.78 is 4.83. The van der Waals surface area contributed by atoms with Gasteiger partial charge >= 0.3 is 5.97 Å². The Balaban J connectivity index is 1.95. The largest absolute Gasteiger partial charge is 0.465 e. The SMILES string of the molecule is CC(=O)OCCNC1CCCCC1. The molecular weight excluding hydrogens is 166 g/mol. The van der Waals surface area contributed by atoms with Crippen LogP contribution in [0.25, 0.3) is 0 Å². The number of hydrogen-bond acceptors (Lipinski definition) is 3. The van der Waals surface area contributed by atoms with Crippen molar-refractivity contribution >= 4 is 5.97 Å². The Morgan fingerprint density at radius 3 is 2.69 bits per heavy atom. The number of esters is 1. The van der Waals surface area contributed by atoms with Crippen LogP contribution >= 0.6 is 0 Å². The van der Waals surface area contributed by atoms with Gasteiger partial charge in [-0.25, -0.2) is 0 Å². The summed E-state index contributed by atoms with van der Waals surface area (Å²) in [5.74, 6) is -0.189. The maximum Gasteiger partial charge on any atom is 0.302 e. The van der Waals surface area contributed by atoms with Crippen molar-refractivity contribution in [2.45, 2.75) is 45.1 Å². The van der Waals surface area contributed by atoms with E-state index in [9.17, 15) is 4.79 Å². The van der Waals surface area contributed by atoms with Gasteiger partial charge < -0.3 is 10.1 Å². The Bertz CT molecular complexity index is 153. The summed E-state index contributed by atoms with van der Waals surface area (Å²) in [5, 5.41) is 3.40. The first-order chi connectivity index (χ1) is 6.29. The van der Waals surface area contributed by atoms with E-state index in [0.29, 0.717) is 12.6 Å². The van der Waals surface area contributed by atoms with Crippen molar-refractivity contribution in [3.8, 4) is 0 Å². The smallest absolute Gasteiger partial charge is 0.302 e. The molecule has 76 valence electrons. The highest BCUT2D eigenvalue weighted by Crippen LogP contribution is 2.16. The molecule has 0 aromatic rings. The van der Waals surface area contributed by atoms with Crippen molar-refractivity contribution in [1.82, 2.24) is 5.32 Å². The monoisotopic (exact) mass is 185 g/mol. The Morgan fingerprint density at radius 2 is 2.08 bits per heavy atom. The van der Waals surface area contributed by atoms with Crippen LogP contribution in [-0.2, 0) is 9.53 Å². The quantitative estimate of drug-likeness (QED) is 0.532. The van der Waals surface area contributed by atoms with Gasteiger partial charge in [0.05, 0.1) is 0 Å². The lowest BCUT2D eigenvalue weighted by Gasteiger charge is -2.22. The van der Waals surface area contributed by atoms with Crippen molar-refractivity contribution in [3.05, 3.63) is 0 Å². The second-order valence-corrected chi connectivity index (χ2v) is 3.63. The third kappa shape index (κ3) is 4.88. The second kappa shape index (κ2) is 5.97. The van der Waals surface area contributed by atoms with Gasteiger partial charge in [0.25, 0.3) is 0 Å². The third-order valence-electron chi connectivity index (χ3n) is 2.45. The predicted octanol–water partition coefficient (Wildman–Crippen LogP) is 1.47. The minimum atomic E-state index is -0.189. The zero-order valence-corrected chi connectivity index (χ0v) is 8.34. The van der Waals surface area contributed by atoms with E-state index in [0.717, 1.165) is 6.54 Å². The molecule has 0 heterocycles. The van der Waals surface area contributed by atoms with Gasteiger partial charge in [0, 0.05) is 19.5 Å². The predicted molar refractivity (Wildman–Crippen MR) is 51.5 cm³/mol. The van der Waals surface area contributed by atoms with Gasteiger partial charge in [-0.05, 0) is 12.8 Å². The average Bonchev–Trinajstić information content (AvgIpc) is 2.14. The molecule has 0 unspecified atom stereocenters. The van der Waals surface area contributed by atoms with Gasteiger partial charge in [-0.3, -0.25) is 4.79 Å².